The van der Waals surface area contributed by atoms with Crippen LogP contribution in [0.3, 0.4) is 0 Å². The minimum atomic E-state index is 0.261. The van der Waals surface area contributed by atoms with Crippen molar-refractivity contribution in [1.29, 1.82) is 0 Å². The van der Waals surface area contributed by atoms with Gasteiger partial charge in [-0.2, -0.15) is 0 Å². The Morgan fingerprint density at radius 2 is 2.00 bits per heavy atom. The summed E-state index contributed by atoms with van der Waals surface area (Å²) >= 11 is 1.74. The maximum atomic E-state index is 4.29. The fourth-order valence-corrected chi connectivity index (χ4v) is 2.55. The highest BCUT2D eigenvalue weighted by Crippen LogP contribution is 2.25. The van der Waals surface area contributed by atoms with Crippen LogP contribution in [-0.2, 0) is 0 Å². The van der Waals surface area contributed by atoms with Gasteiger partial charge in [0, 0.05) is 11.1 Å². The molecule has 0 spiro atoms. The van der Waals surface area contributed by atoms with Gasteiger partial charge in [0.25, 0.3) is 0 Å². The van der Waals surface area contributed by atoms with Crippen molar-refractivity contribution in [3.63, 3.8) is 0 Å². The van der Waals surface area contributed by atoms with Gasteiger partial charge in [0.1, 0.15) is 0 Å². The summed E-state index contributed by atoms with van der Waals surface area (Å²) in [6, 6.07) is 10.7. The van der Waals surface area contributed by atoms with E-state index in [9.17, 15) is 0 Å². The number of thiazole rings is 1. The summed E-state index contributed by atoms with van der Waals surface area (Å²) in [5.74, 6) is 0. The first-order valence-electron chi connectivity index (χ1n) is 4.96. The van der Waals surface area contributed by atoms with Crippen LogP contribution in [-0.4, -0.2) is 12.0 Å². The smallest absolute Gasteiger partial charge is 0.0897 e. The minimum absolute atomic E-state index is 0.261. The fourth-order valence-electron chi connectivity index (χ4n) is 1.63. The predicted octanol–water partition coefficient (Wildman–Crippen LogP) is 2.76. The molecular formula is C12H14N2S. The van der Waals surface area contributed by atoms with Gasteiger partial charge in [0.15, 0.2) is 0 Å². The minimum Gasteiger partial charge on any atom is -0.309 e. The topological polar surface area (TPSA) is 24.9 Å². The summed E-state index contributed by atoms with van der Waals surface area (Å²) < 4.78 is 0. The summed E-state index contributed by atoms with van der Waals surface area (Å²) in [6.45, 7) is 2.03. The van der Waals surface area contributed by atoms with Crippen molar-refractivity contribution in [3.8, 4) is 0 Å². The molecule has 0 saturated heterocycles. The second-order valence-electron chi connectivity index (χ2n) is 3.41. The molecule has 0 bridgehead atoms. The molecule has 1 aromatic carbocycles. The molecule has 2 aromatic rings. The molecule has 1 aromatic heterocycles. The van der Waals surface area contributed by atoms with Crippen LogP contribution in [0.25, 0.3) is 0 Å². The van der Waals surface area contributed by atoms with E-state index in [0.29, 0.717) is 0 Å². The Hall–Kier alpha value is -1.19. The predicted molar refractivity (Wildman–Crippen MR) is 64.2 cm³/mol. The molecule has 1 atom stereocenters. The normalized spacial score (nSPS) is 12.7. The number of hydrogen-bond acceptors (Lipinski definition) is 3. The molecule has 0 fully saturated rings. The molecule has 0 aliphatic rings. The zero-order chi connectivity index (χ0) is 10.7. The van der Waals surface area contributed by atoms with Crippen molar-refractivity contribution in [1.82, 2.24) is 10.3 Å². The summed E-state index contributed by atoms with van der Waals surface area (Å²) in [5.41, 5.74) is 1.28. The number of aromatic nitrogens is 1. The standard InChI is InChI=1S/C12H14N2S/c1-9-14-8-11(15-9)12(13-2)10-6-4-3-5-7-10/h3-8,12-13H,1-2H3. The molecule has 1 heterocycles. The Morgan fingerprint density at radius 1 is 1.27 bits per heavy atom. The lowest BCUT2D eigenvalue weighted by molar-refractivity contribution is 0.702. The van der Waals surface area contributed by atoms with Gasteiger partial charge in [-0.15, -0.1) is 11.3 Å². The molecule has 0 aliphatic heterocycles. The van der Waals surface area contributed by atoms with E-state index in [1.807, 2.05) is 26.2 Å². The monoisotopic (exact) mass is 218 g/mol. The molecule has 1 unspecified atom stereocenters. The Labute approximate surface area is 94.0 Å². The summed E-state index contributed by atoms with van der Waals surface area (Å²) in [7, 11) is 1.98. The first-order valence-corrected chi connectivity index (χ1v) is 5.77. The van der Waals surface area contributed by atoms with Crippen molar-refractivity contribution >= 4 is 11.3 Å². The second-order valence-corrected chi connectivity index (χ2v) is 4.68. The Kier molecular flexibility index (Phi) is 3.14. The van der Waals surface area contributed by atoms with Crippen LogP contribution in [0.1, 0.15) is 21.5 Å². The van der Waals surface area contributed by atoms with Crippen LogP contribution in [0.15, 0.2) is 36.5 Å². The van der Waals surface area contributed by atoms with Crippen molar-refractivity contribution in [2.75, 3.05) is 7.05 Å². The van der Waals surface area contributed by atoms with Crippen LogP contribution in [0.4, 0.5) is 0 Å². The molecule has 2 rings (SSSR count). The number of benzene rings is 1. The van der Waals surface area contributed by atoms with Crippen LogP contribution in [0, 0.1) is 6.92 Å². The van der Waals surface area contributed by atoms with Crippen molar-refractivity contribution < 1.29 is 0 Å². The number of nitrogens with one attached hydrogen (secondary N) is 1. The largest absolute Gasteiger partial charge is 0.309 e. The number of nitrogens with zero attached hydrogens (tertiary/aromatic N) is 1. The van der Waals surface area contributed by atoms with Crippen LogP contribution in [0.5, 0.6) is 0 Å². The molecule has 0 aliphatic carbocycles. The first kappa shape index (κ1) is 10.3. The highest BCUT2D eigenvalue weighted by Gasteiger charge is 2.13. The van der Waals surface area contributed by atoms with Gasteiger partial charge >= 0.3 is 0 Å². The second kappa shape index (κ2) is 4.55. The van der Waals surface area contributed by atoms with E-state index in [4.69, 9.17) is 0 Å². The zero-order valence-electron chi connectivity index (χ0n) is 8.90. The number of hydrogen-bond donors (Lipinski definition) is 1. The van der Waals surface area contributed by atoms with E-state index in [1.165, 1.54) is 10.4 Å². The van der Waals surface area contributed by atoms with E-state index in [0.717, 1.165) is 5.01 Å². The average Bonchev–Trinajstić information content (AvgIpc) is 2.68. The van der Waals surface area contributed by atoms with Gasteiger partial charge in [-0.3, -0.25) is 0 Å². The lowest BCUT2D eigenvalue weighted by Crippen LogP contribution is -2.16. The molecule has 15 heavy (non-hydrogen) atoms. The summed E-state index contributed by atoms with van der Waals surface area (Å²) in [4.78, 5) is 5.55. The first-order chi connectivity index (χ1) is 7.31. The van der Waals surface area contributed by atoms with Gasteiger partial charge in [-0.25, -0.2) is 4.98 Å². The van der Waals surface area contributed by atoms with E-state index in [1.54, 1.807) is 11.3 Å². The summed E-state index contributed by atoms with van der Waals surface area (Å²) in [6.07, 6.45) is 1.95. The quantitative estimate of drug-likeness (QED) is 0.857. The van der Waals surface area contributed by atoms with Crippen LogP contribution >= 0.6 is 11.3 Å². The maximum Gasteiger partial charge on any atom is 0.0897 e. The highest BCUT2D eigenvalue weighted by molar-refractivity contribution is 7.11. The number of aryl methyl sites for hydroxylation is 1. The molecule has 1 N–H and O–H groups in total. The number of rotatable bonds is 3. The molecule has 78 valence electrons. The van der Waals surface area contributed by atoms with E-state index < -0.39 is 0 Å². The third kappa shape index (κ3) is 2.25. The Bertz CT molecular complexity index is 422. The van der Waals surface area contributed by atoms with Gasteiger partial charge < -0.3 is 5.32 Å². The van der Waals surface area contributed by atoms with Crippen LogP contribution < -0.4 is 5.32 Å². The Balaban J connectivity index is 2.33. The molecule has 2 nitrogen and oxygen atoms in total. The molecule has 0 amide bonds. The zero-order valence-corrected chi connectivity index (χ0v) is 9.71. The van der Waals surface area contributed by atoms with E-state index in [2.05, 4.69) is 34.6 Å². The van der Waals surface area contributed by atoms with Gasteiger partial charge in [-0.05, 0) is 19.5 Å². The lowest BCUT2D eigenvalue weighted by atomic mass is 10.1. The highest BCUT2D eigenvalue weighted by atomic mass is 32.1. The van der Waals surface area contributed by atoms with E-state index in [-0.39, 0.29) is 6.04 Å². The van der Waals surface area contributed by atoms with Gasteiger partial charge in [0.2, 0.25) is 0 Å². The van der Waals surface area contributed by atoms with Gasteiger partial charge in [-0.1, -0.05) is 30.3 Å². The van der Waals surface area contributed by atoms with Crippen molar-refractivity contribution in [2.24, 2.45) is 0 Å². The van der Waals surface area contributed by atoms with E-state index >= 15 is 0 Å². The molecule has 0 radical (unpaired) electrons. The third-order valence-electron chi connectivity index (χ3n) is 2.35. The molecule has 0 saturated carbocycles. The lowest BCUT2D eigenvalue weighted by Gasteiger charge is -2.13. The summed E-state index contributed by atoms with van der Waals surface area (Å²) in [5, 5.41) is 4.43. The van der Waals surface area contributed by atoms with Crippen LogP contribution in [0.2, 0.25) is 0 Å². The SMILES string of the molecule is CNC(c1ccccc1)c1cnc(C)s1. The molecular weight excluding hydrogens is 204 g/mol. The van der Waals surface area contributed by atoms with Crippen molar-refractivity contribution in [2.45, 2.75) is 13.0 Å². The Morgan fingerprint density at radius 3 is 2.53 bits per heavy atom. The average molecular weight is 218 g/mol. The van der Waals surface area contributed by atoms with Gasteiger partial charge in [0.05, 0.1) is 11.0 Å². The van der Waals surface area contributed by atoms with Crippen molar-refractivity contribution in [3.05, 3.63) is 52.0 Å². The molecule has 3 heteroatoms. The third-order valence-corrected chi connectivity index (χ3v) is 3.32. The maximum absolute atomic E-state index is 4.29. The fraction of sp³-hybridized carbons (Fsp3) is 0.250.